The maximum Gasteiger partial charge on any atom is 0.237 e. The van der Waals surface area contributed by atoms with Crippen LogP contribution in [0.5, 0.6) is 0 Å². The lowest BCUT2D eigenvalue weighted by molar-refractivity contribution is -0.139. The van der Waals surface area contributed by atoms with Gasteiger partial charge in [0.15, 0.2) is 0 Å². The summed E-state index contributed by atoms with van der Waals surface area (Å²) in [6, 6.07) is 7.61. The summed E-state index contributed by atoms with van der Waals surface area (Å²) in [6.45, 7) is 2.55. The molecule has 1 rings (SSSR count). The van der Waals surface area contributed by atoms with Crippen LogP contribution in [0.25, 0.3) is 0 Å². The molecule has 1 atom stereocenters. The van der Waals surface area contributed by atoms with E-state index in [4.69, 9.17) is 11.5 Å². The van der Waals surface area contributed by atoms with Gasteiger partial charge in [-0.15, -0.1) is 0 Å². The minimum absolute atomic E-state index is 0.0882. The highest BCUT2D eigenvalue weighted by molar-refractivity contribution is 9.10. The fourth-order valence-corrected chi connectivity index (χ4v) is 2.42. The van der Waals surface area contributed by atoms with Crippen LogP contribution in [0.1, 0.15) is 25.3 Å². The number of carbonyl (C=O) groups is 2. The molecule has 0 spiro atoms. The fourth-order valence-electron chi connectivity index (χ4n) is 2.16. The first kappa shape index (κ1) is 17.7. The zero-order chi connectivity index (χ0) is 15.8. The highest BCUT2D eigenvalue weighted by atomic mass is 79.9. The summed E-state index contributed by atoms with van der Waals surface area (Å²) in [5, 5.41) is 0. The third-order valence-electron chi connectivity index (χ3n) is 3.22. The smallest absolute Gasteiger partial charge is 0.237 e. The van der Waals surface area contributed by atoms with Crippen molar-refractivity contribution in [1.29, 1.82) is 0 Å². The van der Waals surface area contributed by atoms with Crippen molar-refractivity contribution in [3.63, 3.8) is 0 Å². The average molecular weight is 356 g/mol. The minimum Gasteiger partial charge on any atom is -0.368 e. The van der Waals surface area contributed by atoms with Crippen LogP contribution in [0.3, 0.4) is 0 Å². The number of hydrogen-bond donors (Lipinski definition) is 2. The second kappa shape index (κ2) is 8.79. The van der Waals surface area contributed by atoms with E-state index in [9.17, 15) is 9.59 Å². The molecule has 1 aromatic carbocycles. The van der Waals surface area contributed by atoms with E-state index in [0.717, 1.165) is 16.5 Å². The summed E-state index contributed by atoms with van der Waals surface area (Å²) in [5.41, 5.74) is 11.9. The number of carbonyl (C=O) groups excluding carboxylic acids is 2. The number of rotatable bonds is 8. The Balaban J connectivity index is 2.86. The summed E-state index contributed by atoms with van der Waals surface area (Å²) in [5.74, 6) is -0.890. The van der Waals surface area contributed by atoms with Crippen molar-refractivity contribution in [1.82, 2.24) is 4.90 Å². The normalized spacial score (nSPS) is 12.0. The third-order valence-corrected chi connectivity index (χ3v) is 3.74. The van der Waals surface area contributed by atoms with Gasteiger partial charge in [-0.25, -0.2) is 0 Å². The van der Waals surface area contributed by atoms with Gasteiger partial charge in [0.05, 0.1) is 12.5 Å². The minimum atomic E-state index is -0.521. The molecule has 0 bridgehead atoms. The van der Waals surface area contributed by atoms with Crippen molar-refractivity contribution in [2.75, 3.05) is 13.1 Å². The Bertz CT molecular complexity index is 476. The molecule has 116 valence electrons. The van der Waals surface area contributed by atoms with Crippen molar-refractivity contribution >= 4 is 27.7 Å². The second-order valence-electron chi connectivity index (χ2n) is 5.01. The molecule has 6 heteroatoms. The van der Waals surface area contributed by atoms with Gasteiger partial charge in [-0.1, -0.05) is 41.4 Å². The first-order valence-corrected chi connectivity index (χ1v) is 7.78. The predicted molar refractivity (Wildman–Crippen MR) is 86.2 cm³/mol. The van der Waals surface area contributed by atoms with Crippen LogP contribution >= 0.6 is 15.9 Å². The largest absolute Gasteiger partial charge is 0.368 e. The summed E-state index contributed by atoms with van der Waals surface area (Å²) in [4.78, 5) is 25.2. The Morgan fingerprint density at radius 3 is 2.38 bits per heavy atom. The molecule has 0 radical (unpaired) electrons. The number of hydrogen-bond acceptors (Lipinski definition) is 3. The molecule has 0 saturated carbocycles. The lowest BCUT2D eigenvalue weighted by Crippen LogP contribution is -2.43. The Morgan fingerprint density at radius 2 is 1.90 bits per heavy atom. The highest BCUT2D eigenvalue weighted by Gasteiger charge is 2.23. The van der Waals surface area contributed by atoms with Crippen LogP contribution in [0.4, 0.5) is 0 Å². The van der Waals surface area contributed by atoms with Crippen LogP contribution < -0.4 is 11.5 Å². The van der Waals surface area contributed by atoms with Gasteiger partial charge in [0.25, 0.3) is 0 Å². The van der Waals surface area contributed by atoms with E-state index in [1.54, 1.807) is 0 Å². The average Bonchev–Trinajstić information content (AvgIpc) is 2.45. The first-order valence-electron chi connectivity index (χ1n) is 6.99. The van der Waals surface area contributed by atoms with Gasteiger partial charge in [-0.05, 0) is 24.1 Å². The topological polar surface area (TPSA) is 89.4 Å². The zero-order valence-electron chi connectivity index (χ0n) is 12.2. The van der Waals surface area contributed by atoms with Crippen LogP contribution in [0.15, 0.2) is 28.7 Å². The van der Waals surface area contributed by atoms with Gasteiger partial charge < -0.3 is 16.4 Å². The SMILES string of the molecule is CCCC(CN)C(=O)N(CC(N)=O)Cc1ccc(Br)cc1. The van der Waals surface area contributed by atoms with Crippen LogP contribution in [0.2, 0.25) is 0 Å². The van der Waals surface area contributed by atoms with E-state index in [2.05, 4.69) is 15.9 Å². The van der Waals surface area contributed by atoms with E-state index < -0.39 is 5.91 Å². The molecule has 1 unspecified atom stereocenters. The van der Waals surface area contributed by atoms with E-state index in [1.165, 1.54) is 4.90 Å². The molecule has 0 saturated heterocycles. The molecule has 0 aliphatic heterocycles. The van der Waals surface area contributed by atoms with E-state index >= 15 is 0 Å². The molecule has 1 aromatic rings. The molecule has 4 N–H and O–H groups in total. The maximum atomic E-state index is 12.5. The lowest BCUT2D eigenvalue weighted by atomic mass is 10.0. The van der Waals surface area contributed by atoms with E-state index in [-0.39, 0.29) is 24.9 Å². The van der Waals surface area contributed by atoms with Gasteiger partial charge >= 0.3 is 0 Å². The molecule has 0 aliphatic rings. The van der Waals surface area contributed by atoms with Crippen molar-refractivity contribution in [3.8, 4) is 0 Å². The maximum absolute atomic E-state index is 12.5. The van der Waals surface area contributed by atoms with Gasteiger partial charge in [-0.2, -0.15) is 0 Å². The van der Waals surface area contributed by atoms with Crippen molar-refractivity contribution < 1.29 is 9.59 Å². The molecule has 2 amide bonds. The van der Waals surface area contributed by atoms with Gasteiger partial charge in [0, 0.05) is 17.6 Å². The fraction of sp³-hybridized carbons (Fsp3) is 0.467. The standard InChI is InChI=1S/C15H22BrN3O2/c1-2-3-12(8-17)15(21)19(10-14(18)20)9-11-4-6-13(16)7-5-11/h4-7,12H,2-3,8-10,17H2,1H3,(H2,18,20). The summed E-state index contributed by atoms with van der Waals surface area (Å²) in [7, 11) is 0. The van der Waals surface area contributed by atoms with Crippen molar-refractivity contribution in [2.45, 2.75) is 26.3 Å². The number of benzene rings is 1. The molecule has 0 heterocycles. The van der Waals surface area contributed by atoms with Gasteiger partial charge in [0.1, 0.15) is 0 Å². The molecule has 0 aromatic heterocycles. The van der Waals surface area contributed by atoms with Crippen LogP contribution in [-0.2, 0) is 16.1 Å². The zero-order valence-corrected chi connectivity index (χ0v) is 13.8. The molecular formula is C15H22BrN3O2. The molecule has 0 fully saturated rings. The number of primary amides is 1. The van der Waals surface area contributed by atoms with E-state index in [1.807, 2.05) is 31.2 Å². The number of nitrogens with two attached hydrogens (primary N) is 2. The highest BCUT2D eigenvalue weighted by Crippen LogP contribution is 2.15. The van der Waals surface area contributed by atoms with Crippen LogP contribution in [0, 0.1) is 5.92 Å². The Labute approximate surface area is 133 Å². The van der Waals surface area contributed by atoms with Crippen LogP contribution in [-0.4, -0.2) is 29.8 Å². The van der Waals surface area contributed by atoms with Crippen molar-refractivity contribution in [2.24, 2.45) is 17.4 Å². The summed E-state index contributed by atoms with van der Waals surface area (Å²) in [6.07, 6.45) is 1.58. The second-order valence-corrected chi connectivity index (χ2v) is 5.92. The number of nitrogens with zero attached hydrogens (tertiary/aromatic N) is 1. The Morgan fingerprint density at radius 1 is 1.29 bits per heavy atom. The number of halogens is 1. The lowest BCUT2D eigenvalue weighted by Gasteiger charge is -2.25. The monoisotopic (exact) mass is 355 g/mol. The molecular weight excluding hydrogens is 334 g/mol. The molecule has 21 heavy (non-hydrogen) atoms. The predicted octanol–water partition coefficient (Wildman–Crippen LogP) is 1.64. The summed E-state index contributed by atoms with van der Waals surface area (Å²) >= 11 is 3.36. The third kappa shape index (κ3) is 5.85. The molecule has 5 nitrogen and oxygen atoms in total. The van der Waals surface area contributed by atoms with Crippen molar-refractivity contribution in [3.05, 3.63) is 34.3 Å². The quantitative estimate of drug-likeness (QED) is 0.742. The molecule has 0 aliphatic carbocycles. The Hall–Kier alpha value is -1.40. The summed E-state index contributed by atoms with van der Waals surface area (Å²) < 4.78 is 0.963. The van der Waals surface area contributed by atoms with Gasteiger partial charge in [0.2, 0.25) is 11.8 Å². The van der Waals surface area contributed by atoms with Gasteiger partial charge in [-0.3, -0.25) is 9.59 Å². The number of amides is 2. The Kier molecular flexibility index (Phi) is 7.39. The van der Waals surface area contributed by atoms with E-state index in [0.29, 0.717) is 13.0 Å². The first-order chi connectivity index (χ1) is 9.97.